The summed E-state index contributed by atoms with van der Waals surface area (Å²) < 4.78 is 13.0. The maximum atomic E-state index is 5.72. The van der Waals surface area contributed by atoms with E-state index in [1.807, 2.05) is 35.2 Å². The number of imidazole rings is 1. The molecule has 1 fully saturated rings. The highest BCUT2D eigenvalue weighted by molar-refractivity contribution is 5.84. The zero-order chi connectivity index (χ0) is 19.5. The van der Waals surface area contributed by atoms with Crippen molar-refractivity contribution in [1.82, 2.24) is 19.5 Å². The van der Waals surface area contributed by atoms with Crippen LogP contribution in [0.4, 0.5) is 17.5 Å². The number of benzene rings is 1. The normalized spacial score (nSPS) is 16.6. The molecule has 8 heteroatoms. The Morgan fingerprint density at radius 1 is 1.25 bits per heavy atom. The molecule has 1 aliphatic rings. The molecule has 3 aromatic rings. The summed E-state index contributed by atoms with van der Waals surface area (Å²) in [5.41, 5.74) is 2.46. The third kappa shape index (κ3) is 3.87. The van der Waals surface area contributed by atoms with E-state index in [0.717, 1.165) is 47.9 Å². The summed E-state index contributed by atoms with van der Waals surface area (Å²) in [6, 6.07) is 7.92. The molecule has 1 aromatic carbocycles. The Morgan fingerprint density at radius 3 is 2.75 bits per heavy atom. The Hall–Kier alpha value is -2.87. The van der Waals surface area contributed by atoms with Crippen LogP contribution in [-0.2, 0) is 4.74 Å². The number of ether oxygens (including phenoxy) is 2. The summed E-state index contributed by atoms with van der Waals surface area (Å²) >= 11 is 0. The van der Waals surface area contributed by atoms with Gasteiger partial charge in [-0.1, -0.05) is 0 Å². The van der Waals surface area contributed by atoms with Gasteiger partial charge in [-0.25, -0.2) is 4.98 Å². The van der Waals surface area contributed by atoms with Crippen molar-refractivity contribution in [2.24, 2.45) is 0 Å². The molecule has 28 heavy (non-hydrogen) atoms. The van der Waals surface area contributed by atoms with E-state index in [1.165, 1.54) is 0 Å². The van der Waals surface area contributed by atoms with Gasteiger partial charge >= 0.3 is 0 Å². The quantitative estimate of drug-likeness (QED) is 0.643. The van der Waals surface area contributed by atoms with Crippen LogP contribution in [-0.4, -0.2) is 45.9 Å². The molecule has 4 rings (SSSR count). The van der Waals surface area contributed by atoms with Gasteiger partial charge in [0.1, 0.15) is 5.75 Å². The molecule has 1 atom stereocenters. The Balaban J connectivity index is 1.65. The van der Waals surface area contributed by atoms with Crippen molar-refractivity contribution in [3.05, 3.63) is 30.6 Å². The van der Waals surface area contributed by atoms with Gasteiger partial charge in [-0.15, -0.1) is 0 Å². The summed E-state index contributed by atoms with van der Waals surface area (Å²) in [5, 5.41) is 6.70. The van der Waals surface area contributed by atoms with Gasteiger partial charge in [-0.2, -0.15) is 9.97 Å². The van der Waals surface area contributed by atoms with E-state index in [0.29, 0.717) is 12.5 Å². The van der Waals surface area contributed by atoms with Crippen LogP contribution in [0.15, 0.2) is 30.6 Å². The van der Waals surface area contributed by atoms with Crippen LogP contribution in [0.5, 0.6) is 5.75 Å². The Kier molecular flexibility index (Phi) is 5.29. The average Bonchev–Trinajstić information content (AvgIpc) is 3.36. The van der Waals surface area contributed by atoms with E-state index in [2.05, 4.69) is 34.4 Å². The SMILES string of the molecule is COc1ccc(Nc2nc(NCC3CCCO3)c3ncn(C(C)C)c3n2)cc1. The van der Waals surface area contributed by atoms with E-state index in [1.54, 1.807) is 7.11 Å². The van der Waals surface area contributed by atoms with Gasteiger partial charge in [0.25, 0.3) is 0 Å². The monoisotopic (exact) mass is 382 g/mol. The lowest BCUT2D eigenvalue weighted by Crippen LogP contribution is -2.19. The molecule has 0 radical (unpaired) electrons. The summed E-state index contributed by atoms with van der Waals surface area (Å²) in [4.78, 5) is 13.9. The van der Waals surface area contributed by atoms with Crippen LogP contribution in [0, 0.1) is 0 Å². The van der Waals surface area contributed by atoms with Crippen molar-refractivity contribution in [3.63, 3.8) is 0 Å². The molecule has 0 spiro atoms. The molecule has 148 valence electrons. The Morgan fingerprint density at radius 2 is 2.07 bits per heavy atom. The number of fused-ring (bicyclic) bond motifs is 1. The highest BCUT2D eigenvalue weighted by Crippen LogP contribution is 2.26. The zero-order valence-electron chi connectivity index (χ0n) is 16.5. The van der Waals surface area contributed by atoms with Crippen LogP contribution >= 0.6 is 0 Å². The van der Waals surface area contributed by atoms with Gasteiger partial charge in [-0.05, 0) is 51.0 Å². The molecule has 2 N–H and O–H groups in total. The van der Waals surface area contributed by atoms with Crippen molar-refractivity contribution in [3.8, 4) is 5.75 Å². The minimum atomic E-state index is 0.218. The van der Waals surface area contributed by atoms with Gasteiger partial charge in [0.05, 0.1) is 19.5 Å². The molecule has 8 nitrogen and oxygen atoms in total. The Bertz CT molecular complexity index is 932. The lowest BCUT2D eigenvalue weighted by molar-refractivity contribution is 0.120. The van der Waals surface area contributed by atoms with Gasteiger partial charge in [0.15, 0.2) is 17.0 Å². The Labute approximate surface area is 164 Å². The van der Waals surface area contributed by atoms with E-state index in [-0.39, 0.29) is 12.1 Å². The van der Waals surface area contributed by atoms with Gasteiger partial charge in [0.2, 0.25) is 5.95 Å². The molecule has 0 saturated carbocycles. The minimum absolute atomic E-state index is 0.218. The second kappa shape index (κ2) is 8.02. The summed E-state index contributed by atoms with van der Waals surface area (Å²) in [5.74, 6) is 2.05. The smallest absolute Gasteiger partial charge is 0.231 e. The van der Waals surface area contributed by atoms with Crippen molar-refractivity contribution >= 4 is 28.6 Å². The highest BCUT2D eigenvalue weighted by Gasteiger charge is 2.19. The molecular formula is C20H26N6O2. The van der Waals surface area contributed by atoms with Gasteiger partial charge in [0, 0.05) is 24.9 Å². The second-order valence-corrected chi connectivity index (χ2v) is 7.18. The number of nitrogens with zero attached hydrogens (tertiary/aromatic N) is 4. The first-order valence-corrected chi connectivity index (χ1v) is 9.65. The molecule has 1 aliphatic heterocycles. The van der Waals surface area contributed by atoms with Crippen molar-refractivity contribution < 1.29 is 9.47 Å². The third-order valence-corrected chi connectivity index (χ3v) is 4.85. The lowest BCUT2D eigenvalue weighted by atomic mass is 10.2. The fourth-order valence-electron chi connectivity index (χ4n) is 3.29. The molecule has 0 aliphatic carbocycles. The zero-order valence-corrected chi connectivity index (χ0v) is 16.5. The molecular weight excluding hydrogens is 356 g/mol. The average molecular weight is 382 g/mol. The predicted molar refractivity (Wildman–Crippen MR) is 109 cm³/mol. The van der Waals surface area contributed by atoms with Gasteiger partial charge < -0.3 is 24.7 Å². The maximum Gasteiger partial charge on any atom is 0.231 e. The number of nitrogens with one attached hydrogen (secondary N) is 2. The first-order valence-electron chi connectivity index (χ1n) is 9.65. The van der Waals surface area contributed by atoms with Crippen molar-refractivity contribution in [1.29, 1.82) is 0 Å². The fourth-order valence-corrected chi connectivity index (χ4v) is 3.29. The number of aromatic nitrogens is 4. The molecule has 1 unspecified atom stereocenters. The minimum Gasteiger partial charge on any atom is -0.497 e. The standard InChI is InChI=1S/C20H26N6O2/c1-13(2)26-12-22-17-18(21-11-16-5-4-10-28-16)24-20(25-19(17)26)23-14-6-8-15(27-3)9-7-14/h6-9,12-13,16H,4-5,10-11H2,1-3H3,(H2,21,23,24,25). The summed E-state index contributed by atoms with van der Waals surface area (Å²) in [6.45, 7) is 5.76. The van der Waals surface area contributed by atoms with Crippen LogP contribution in [0.3, 0.4) is 0 Å². The van der Waals surface area contributed by atoms with E-state index in [9.17, 15) is 0 Å². The number of hydrogen-bond acceptors (Lipinski definition) is 7. The van der Waals surface area contributed by atoms with E-state index < -0.39 is 0 Å². The molecule has 0 amide bonds. The van der Waals surface area contributed by atoms with E-state index in [4.69, 9.17) is 14.5 Å². The van der Waals surface area contributed by atoms with Crippen LogP contribution < -0.4 is 15.4 Å². The fraction of sp³-hybridized carbons (Fsp3) is 0.450. The third-order valence-electron chi connectivity index (χ3n) is 4.85. The van der Waals surface area contributed by atoms with Crippen molar-refractivity contribution in [2.45, 2.75) is 38.8 Å². The molecule has 1 saturated heterocycles. The molecule has 3 heterocycles. The van der Waals surface area contributed by atoms with Crippen LogP contribution in [0.25, 0.3) is 11.2 Å². The van der Waals surface area contributed by atoms with Crippen LogP contribution in [0.2, 0.25) is 0 Å². The summed E-state index contributed by atoms with van der Waals surface area (Å²) in [7, 11) is 1.65. The highest BCUT2D eigenvalue weighted by atomic mass is 16.5. The topological polar surface area (TPSA) is 86.1 Å². The maximum absolute atomic E-state index is 5.72. The number of hydrogen-bond donors (Lipinski definition) is 2. The molecule has 2 aromatic heterocycles. The first kappa shape index (κ1) is 18.5. The van der Waals surface area contributed by atoms with Crippen molar-refractivity contribution in [2.75, 3.05) is 30.9 Å². The second-order valence-electron chi connectivity index (χ2n) is 7.18. The largest absolute Gasteiger partial charge is 0.497 e. The molecule has 0 bridgehead atoms. The first-order chi connectivity index (χ1) is 13.6. The van der Waals surface area contributed by atoms with Gasteiger partial charge in [-0.3, -0.25) is 0 Å². The summed E-state index contributed by atoms with van der Waals surface area (Å²) in [6.07, 6.45) is 4.21. The van der Waals surface area contributed by atoms with Crippen LogP contribution in [0.1, 0.15) is 32.7 Å². The lowest BCUT2D eigenvalue weighted by Gasteiger charge is -2.14. The predicted octanol–water partition coefficient (Wildman–Crippen LogP) is 3.75. The number of rotatable bonds is 7. The number of anilines is 3. The van der Waals surface area contributed by atoms with E-state index >= 15 is 0 Å². The number of methoxy groups -OCH3 is 1.